The van der Waals surface area contributed by atoms with Gasteiger partial charge in [0.25, 0.3) is 5.91 Å². The largest absolute Gasteiger partial charge is 0.493 e. The average Bonchev–Trinajstić information content (AvgIpc) is 2.25. The molecular formula is C11H17NO5. The topological polar surface area (TPSA) is 73.9 Å². The van der Waals surface area contributed by atoms with E-state index in [1.54, 1.807) is 0 Å². The van der Waals surface area contributed by atoms with Crippen LogP contribution in [0.5, 0.6) is 0 Å². The van der Waals surface area contributed by atoms with Gasteiger partial charge >= 0.3 is 5.97 Å². The van der Waals surface area contributed by atoms with E-state index in [4.69, 9.17) is 14.2 Å². The normalized spacial score (nSPS) is 15.1. The number of nitrogens with one attached hydrogen (secondary N) is 1. The Balaban J connectivity index is 2.33. The molecule has 1 heterocycles. The Labute approximate surface area is 99.9 Å². The fourth-order valence-corrected chi connectivity index (χ4v) is 1.13. The fourth-order valence-electron chi connectivity index (χ4n) is 1.13. The molecule has 0 radical (unpaired) electrons. The lowest BCUT2D eigenvalue weighted by Gasteiger charge is -2.20. The van der Waals surface area contributed by atoms with Gasteiger partial charge in [0.05, 0.1) is 0 Å². The molecule has 0 saturated heterocycles. The van der Waals surface area contributed by atoms with Crippen molar-refractivity contribution < 1.29 is 23.8 Å². The lowest BCUT2D eigenvalue weighted by atomic mass is 10.1. The molecule has 1 aliphatic rings. The van der Waals surface area contributed by atoms with Crippen LogP contribution in [0.1, 0.15) is 20.8 Å². The summed E-state index contributed by atoms with van der Waals surface area (Å²) < 4.78 is 14.7. The average molecular weight is 243 g/mol. The van der Waals surface area contributed by atoms with Crippen molar-refractivity contribution in [3.63, 3.8) is 0 Å². The van der Waals surface area contributed by atoms with E-state index in [1.807, 2.05) is 20.8 Å². The Morgan fingerprint density at radius 3 is 2.65 bits per heavy atom. The van der Waals surface area contributed by atoms with Crippen LogP contribution in [0.4, 0.5) is 0 Å². The molecule has 0 saturated carbocycles. The summed E-state index contributed by atoms with van der Waals surface area (Å²) in [7, 11) is 0. The van der Waals surface area contributed by atoms with Gasteiger partial charge in [-0.25, -0.2) is 4.79 Å². The molecule has 1 N–H and O–H groups in total. The summed E-state index contributed by atoms with van der Waals surface area (Å²) in [6.07, 6.45) is 1.19. The molecule has 1 rings (SSSR count). The van der Waals surface area contributed by atoms with E-state index in [0.29, 0.717) is 13.2 Å². The lowest BCUT2D eigenvalue weighted by Crippen LogP contribution is -2.42. The molecule has 1 aliphatic heterocycles. The van der Waals surface area contributed by atoms with Gasteiger partial charge in [-0.05, 0) is 20.8 Å². The first-order valence-electron chi connectivity index (χ1n) is 5.31. The van der Waals surface area contributed by atoms with Crippen LogP contribution in [0.2, 0.25) is 0 Å². The monoisotopic (exact) mass is 243 g/mol. The molecule has 0 aliphatic carbocycles. The summed E-state index contributed by atoms with van der Waals surface area (Å²) in [5.41, 5.74) is -0.354. The quantitative estimate of drug-likeness (QED) is 0.723. The van der Waals surface area contributed by atoms with Crippen molar-refractivity contribution in [2.24, 2.45) is 0 Å². The number of carbonyl (C=O) groups excluding carboxylic acids is 2. The van der Waals surface area contributed by atoms with Crippen LogP contribution in [-0.4, -0.2) is 37.2 Å². The van der Waals surface area contributed by atoms with Crippen LogP contribution in [0.15, 0.2) is 12.0 Å². The van der Waals surface area contributed by atoms with Gasteiger partial charge in [0.15, 0.2) is 6.61 Å². The number of esters is 1. The molecule has 0 bridgehead atoms. The molecule has 0 aromatic carbocycles. The third kappa shape index (κ3) is 5.24. The molecule has 0 unspecified atom stereocenters. The van der Waals surface area contributed by atoms with Gasteiger partial charge in [0.1, 0.15) is 19.5 Å². The molecule has 1 amide bonds. The highest BCUT2D eigenvalue weighted by Crippen LogP contribution is 2.06. The molecular weight excluding hydrogens is 226 g/mol. The van der Waals surface area contributed by atoms with Crippen molar-refractivity contribution in [3.8, 4) is 0 Å². The van der Waals surface area contributed by atoms with Crippen molar-refractivity contribution in [3.05, 3.63) is 12.0 Å². The van der Waals surface area contributed by atoms with Crippen molar-refractivity contribution >= 4 is 11.9 Å². The zero-order valence-electron chi connectivity index (χ0n) is 10.2. The Bertz CT molecular complexity index is 329. The summed E-state index contributed by atoms with van der Waals surface area (Å²) in [5.74, 6) is -1.07. The third-order valence-corrected chi connectivity index (χ3v) is 1.70. The van der Waals surface area contributed by atoms with E-state index in [0.717, 1.165) is 0 Å². The zero-order valence-corrected chi connectivity index (χ0v) is 10.2. The van der Waals surface area contributed by atoms with E-state index in [2.05, 4.69) is 5.32 Å². The van der Waals surface area contributed by atoms with E-state index in [-0.39, 0.29) is 23.8 Å². The predicted molar refractivity (Wildman–Crippen MR) is 58.8 cm³/mol. The minimum Gasteiger partial charge on any atom is -0.493 e. The Morgan fingerprint density at radius 2 is 2.12 bits per heavy atom. The number of hydrogen-bond donors (Lipinski definition) is 1. The van der Waals surface area contributed by atoms with Gasteiger partial charge in [0.2, 0.25) is 5.76 Å². The van der Waals surface area contributed by atoms with E-state index in [9.17, 15) is 9.59 Å². The summed E-state index contributed by atoms with van der Waals surface area (Å²) in [5, 5.41) is 2.67. The summed E-state index contributed by atoms with van der Waals surface area (Å²) in [6, 6.07) is 0. The molecule has 17 heavy (non-hydrogen) atoms. The minimum atomic E-state index is -0.700. The Kier molecular flexibility index (Phi) is 4.37. The molecule has 0 spiro atoms. The molecule has 0 aromatic heterocycles. The summed E-state index contributed by atoms with van der Waals surface area (Å²) >= 11 is 0. The first-order chi connectivity index (χ1) is 7.88. The van der Waals surface area contributed by atoms with Crippen molar-refractivity contribution in [2.45, 2.75) is 26.3 Å². The number of amides is 1. The molecule has 96 valence electrons. The van der Waals surface area contributed by atoms with Crippen LogP contribution in [0, 0.1) is 0 Å². The maximum Gasteiger partial charge on any atom is 0.377 e. The fraction of sp³-hybridized carbons (Fsp3) is 0.636. The number of rotatable bonds is 3. The van der Waals surface area contributed by atoms with E-state index in [1.165, 1.54) is 6.26 Å². The van der Waals surface area contributed by atoms with Gasteiger partial charge < -0.3 is 19.5 Å². The maximum absolute atomic E-state index is 11.4. The van der Waals surface area contributed by atoms with E-state index < -0.39 is 5.97 Å². The SMILES string of the molecule is CC(C)(C)NC(=O)COC(=O)C1=COCCO1. The van der Waals surface area contributed by atoms with Crippen LogP contribution in [-0.2, 0) is 23.8 Å². The number of carbonyl (C=O) groups is 2. The second-order valence-electron chi connectivity index (χ2n) is 4.58. The second-order valence-corrected chi connectivity index (χ2v) is 4.58. The second kappa shape index (κ2) is 5.56. The van der Waals surface area contributed by atoms with Crippen LogP contribution in [0.3, 0.4) is 0 Å². The Morgan fingerprint density at radius 1 is 1.41 bits per heavy atom. The zero-order chi connectivity index (χ0) is 12.9. The smallest absolute Gasteiger partial charge is 0.377 e. The number of hydrogen-bond acceptors (Lipinski definition) is 5. The first-order valence-corrected chi connectivity index (χ1v) is 5.31. The van der Waals surface area contributed by atoms with Crippen LogP contribution >= 0.6 is 0 Å². The Hall–Kier alpha value is -1.72. The summed E-state index contributed by atoms with van der Waals surface area (Å²) in [6.45, 7) is 5.89. The van der Waals surface area contributed by atoms with Crippen LogP contribution in [0.25, 0.3) is 0 Å². The molecule has 0 atom stereocenters. The number of ether oxygens (including phenoxy) is 3. The first kappa shape index (κ1) is 13.3. The molecule has 0 aromatic rings. The minimum absolute atomic E-state index is 0.0141. The van der Waals surface area contributed by atoms with Gasteiger partial charge in [0, 0.05) is 5.54 Å². The van der Waals surface area contributed by atoms with Crippen molar-refractivity contribution in [1.82, 2.24) is 5.32 Å². The summed E-state index contributed by atoms with van der Waals surface area (Å²) in [4.78, 5) is 22.8. The molecule has 0 fully saturated rings. The molecule has 6 heteroatoms. The van der Waals surface area contributed by atoms with Gasteiger partial charge in [-0.15, -0.1) is 0 Å². The third-order valence-electron chi connectivity index (χ3n) is 1.70. The van der Waals surface area contributed by atoms with Crippen molar-refractivity contribution in [2.75, 3.05) is 19.8 Å². The van der Waals surface area contributed by atoms with Gasteiger partial charge in [-0.1, -0.05) is 0 Å². The molecule has 6 nitrogen and oxygen atoms in total. The predicted octanol–water partition coefficient (Wildman–Crippen LogP) is 0.332. The van der Waals surface area contributed by atoms with E-state index >= 15 is 0 Å². The van der Waals surface area contributed by atoms with Gasteiger partial charge in [-0.3, -0.25) is 4.79 Å². The highest BCUT2D eigenvalue weighted by molar-refractivity contribution is 5.88. The van der Waals surface area contributed by atoms with Crippen LogP contribution < -0.4 is 5.32 Å². The lowest BCUT2D eigenvalue weighted by molar-refractivity contribution is -0.149. The van der Waals surface area contributed by atoms with Gasteiger partial charge in [-0.2, -0.15) is 0 Å². The standard InChI is InChI=1S/C11H17NO5/c1-11(2,3)12-9(13)7-17-10(14)8-6-15-4-5-16-8/h6H,4-5,7H2,1-3H3,(H,12,13). The van der Waals surface area contributed by atoms with Crippen molar-refractivity contribution in [1.29, 1.82) is 0 Å². The maximum atomic E-state index is 11.4. The highest BCUT2D eigenvalue weighted by atomic mass is 16.6. The highest BCUT2D eigenvalue weighted by Gasteiger charge is 2.19.